The van der Waals surface area contributed by atoms with Crippen LogP contribution >= 0.6 is 31.9 Å². The molecule has 0 spiro atoms. The van der Waals surface area contributed by atoms with Crippen LogP contribution in [0.25, 0.3) is 0 Å². The second-order valence-corrected chi connectivity index (χ2v) is 5.62. The van der Waals surface area contributed by atoms with Crippen LogP contribution in [-0.2, 0) is 0 Å². The van der Waals surface area contributed by atoms with E-state index in [1.54, 1.807) is 13.0 Å². The highest BCUT2D eigenvalue weighted by Gasteiger charge is 2.16. The molecule has 110 valence electrons. The van der Waals surface area contributed by atoms with E-state index >= 15 is 0 Å². The number of anilines is 1. The summed E-state index contributed by atoms with van der Waals surface area (Å²) >= 11 is 6.47. The van der Waals surface area contributed by atoms with Crippen LogP contribution in [0, 0.1) is 17.0 Å². The number of nitro groups is 1. The quantitative estimate of drug-likeness (QED) is 0.444. The Morgan fingerprint density at radius 1 is 1.29 bits per heavy atom. The number of aromatic nitrogens is 2. The minimum absolute atomic E-state index is 0.0655. The van der Waals surface area contributed by atoms with Gasteiger partial charge in [-0.2, -0.15) is 4.98 Å². The second-order valence-electron chi connectivity index (χ2n) is 3.91. The van der Waals surface area contributed by atoms with Crippen LogP contribution in [0.5, 0.6) is 11.6 Å². The summed E-state index contributed by atoms with van der Waals surface area (Å²) < 4.78 is 6.47. The number of benzene rings is 1. The van der Waals surface area contributed by atoms with Crippen molar-refractivity contribution in [3.63, 3.8) is 0 Å². The number of rotatable bonds is 4. The van der Waals surface area contributed by atoms with Gasteiger partial charge in [-0.25, -0.2) is 10.8 Å². The van der Waals surface area contributed by atoms with E-state index < -0.39 is 4.92 Å². The number of nitrogens with one attached hydrogen (secondary N) is 1. The number of halogens is 2. The lowest BCUT2D eigenvalue weighted by Gasteiger charge is -2.10. The molecule has 2 rings (SSSR count). The van der Waals surface area contributed by atoms with Gasteiger partial charge in [-0.3, -0.25) is 15.5 Å². The average molecular weight is 419 g/mol. The van der Waals surface area contributed by atoms with Crippen LogP contribution in [0.1, 0.15) is 5.69 Å². The molecule has 0 aliphatic rings. The summed E-state index contributed by atoms with van der Waals surface area (Å²) in [5, 5.41) is 10.8. The lowest BCUT2D eigenvalue weighted by molar-refractivity contribution is -0.385. The van der Waals surface area contributed by atoms with Crippen LogP contribution in [0.2, 0.25) is 0 Å². The molecule has 3 N–H and O–H groups in total. The Balaban J connectivity index is 2.40. The monoisotopic (exact) mass is 417 g/mol. The van der Waals surface area contributed by atoms with E-state index in [0.29, 0.717) is 20.4 Å². The topological polar surface area (TPSA) is 116 Å². The highest BCUT2D eigenvalue weighted by atomic mass is 79.9. The Bertz CT molecular complexity index is 687. The summed E-state index contributed by atoms with van der Waals surface area (Å²) in [6, 6.07) is 4.30. The van der Waals surface area contributed by atoms with E-state index in [-0.39, 0.29) is 17.5 Å². The molecule has 0 fully saturated rings. The zero-order valence-corrected chi connectivity index (χ0v) is 13.8. The molecule has 0 aliphatic heterocycles. The van der Waals surface area contributed by atoms with Gasteiger partial charge >= 0.3 is 0 Å². The van der Waals surface area contributed by atoms with E-state index in [1.165, 1.54) is 12.1 Å². The second kappa shape index (κ2) is 6.33. The number of nitro benzene ring substituents is 1. The molecule has 21 heavy (non-hydrogen) atoms. The number of hydrogen-bond donors (Lipinski definition) is 2. The van der Waals surface area contributed by atoms with Gasteiger partial charge in [0.15, 0.2) is 5.75 Å². The van der Waals surface area contributed by atoms with Gasteiger partial charge in [-0.05, 0) is 38.8 Å². The molecule has 1 heterocycles. The summed E-state index contributed by atoms with van der Waals surface area (Å²) in [6.07, 6.45) is 0. The molecule has 8 nitrogen and oxygen atoms in total. The van der Waals surface area contributed by atoms with Crippen molar-refractivity contribution in [1.29, 1.82) is 0 Å². The molecule has 10 heteroatoms. The first kappa shape index (κ1) is 15.6. The molecule has 2 aromatic rings. The van der Waals surface area contributed by atoms with E-state index in [9.17, 15) is 10.1 Å². The fourth-order valence-corrected chi connectivity index (χ4v) is 2.83. The molecule has 0 bridgehead atoms. The lowest BCUT2D eigenvalue weighted by Crippen LogP contribution is -2.11. The molecular weight excluding hydrogens is 410 g/mol. The first-order valence-electron chi connectivity index (χ1n) is 5.54. The van der Waals surface area contributed by atoms with Crippen LogP contribution in [0.4, 0.5) is 11.6 Å². The smallest absolute Gasteiger partial charge is 0.271 e. The third kappa shape index (κ3) is 3.65. The minimum Gasteiger partial charge on any atom is -0.436 e. The number of hydrogen-bond acceptors (Lipinski definition) is 7. The van der Waals surface area contributed by atoms with Gasteiger partial charge < -0.3 is 4.74 Å². The van der Waals surface area contributed by atoms with E-state index in [1.807, 2.05) is 0 Å². The van der Waals surface area contributed by atoms with Crippen molar-refractivity contribution in [3.8, 4) is 11.6 Å². The minimum atomic E-state index is -0.495. The summed E-state index contributed by atoms with van der Waals surface area (Å²) in [6.45, 7) is 1.76. The summed E-state index contributed by atoms with van der Waals surface area (Å²) in [5.74, 6) is 6.10. The Morgan fingerprint density at radius 2 is 1.90 bits per heavy atom. The molecule has 1 aromatic heterocycles. The van der Waals surface area contributed by atoms with Crippen LogP contribution in [0.15, 0.2) is 27.1 Å². The van der Waals surface area contributed by atoms with Crippen molar-refractivity contribution in [3.05, 3.63) is 43.0 Å². The maximum atomic E-state index is 10.8. The number of nitrogen functional groups attached to an aromatic ring is 1. The third-order valence-corrected chi connectivity index (χ3v) is 3.54. The molecule has 1 aromatic carbocycles. The molecule has 0 aliphatic carbocycles. The molecule has 0 amide bonds. The number of ether oxygens (including phenoxy) is 1. The Morgan fingerprint density at radius 3 is 2.43 bits per heavy atom. The predicted octanol–water partition coefficient (Wildman–Crippen LogP) is 3.30. The standard InChI is InChI=1S/C11H9Br2N5O3/c1-5-2-9(16-11(15-5)17-14)21-10-7(12)3-6(18(19)20)4-8(10)13/h2-4H,14H2,1H3,(H,15,16,17). The molecular formula is C11H9Br2N5O3. The zero-order chi connectivity index (χ0) is 15.6. The maximum Gasteiger partial charge on any atom is 0.271 e. The Hall–Kier alpha value is -1.78. The van der Waals surface area contributed by atoms with Gasteiger partial charge in [0.05, 0.1) is 13.9 Å². The van der Waals surface area contributed by atoms with Gasteiger partial charge in [0.2, 0.25) is 11.8 Å². The van der Waals surface area contributed by atoms with E-state index in [0.717, 1.165) is 0 Å². The van der Waals surface area contributed by atoms with Crippen molar-refractivity contribution in [2.75, 3.05) is 5.43 Å². The predicted molar refractivity (Wildman–Crippen MR) is 83.1 cm³/mol. The van der Waals surface area contributed by atoms with Crippen molar-refractivity contribution in [1.82, 2.24) is 9.97 Å². The highest BCUT2D eigenvalue weighted by molar-refractivity contribution is 9.11. The van der Waals surface area contributed by atoms with Gasteiger partial charge in [0.1, 0.15) is 0 Å². The van der Waals surface area contributed by atoms with Crippen molar-refractivity contribution >= 4 is 43.5 Å². The van der Waals surface area contributed by atoms with E-state index in [4.69, 9.17) is 10.6 Å². The Kier molecular flexibility index (Phi) is 4.70. The number of nitrogens with zero attached hydrogens (tertiary/aromatic N) is 3. The summed E-state index contributed by atoms with van der Waals surface area (Å²) in [4.78, 5) is 18.4. The molecule has 0 atom stereocenters. The molecule has 0 saturated heterocycles. The average Bonchev–Trinajstić information content (AvgIpc) is 2.41. The molecule has 0 radical (unpaired) electrons. The summed E-state index contributed by atoms with van der Waals surface area (Å²) in [5.41, 5.74) is 2.92. The zero-order valence-electron chi connectivity index (χ0n) is 10.6. The molecule has 0 saturated carbocycles. The highest BCUT2D eigenvalue weighted by Crippen LogP contribution is 2.39. The van der Waals surface area contributed by atoms with E-state index in [2.05, 4.69) is 47.3 Å². The Labute approximate surface area is 136 Å². The molecule has 0 unspecified atom stereocenters. The summed E-state index contributed by atoms with van der Waals surface area (Å²) in [7, 11) is 0. The van der Waals surface area contributed by atoms with Crippen molar-refractivity contribution in [2.24, 2.45) is 5.84 Å². The first-order valence-corrected chi connectivity index (χ1v) is 7.13. The fraction of sp³-hybridized carbons (Fsp3) is 0.0909. The normalized spacial score (nSPS) is 10.3. The van der Waals surface area contributed by atoms with Gasteiger partial charge in [0.25, 0.3) is 5.69 Å². The van der Waals surface area contributed by atoms with Gasteiger partial charge in [-0.15, -0.1) is 0 Å². The van der Waals surface area contributed by atoms with Crippen LogP contribution < -0.4 is 16.0 Å². The maximum absolute atomic E-state index is 10.8. The number of non-ortho nitro benzene ring substituents is 1. The first-order chi connectivity index (χ1) is 9.90. The van der Waals surface area contributed by atoms with Gasteiger partial charge in [-0.1, -0.05) is 0 Å². The van der Waals surface area contributed by atoms with Crippen molar-refractivity contribution < 1.29 is 9.66 Å². The number of hydrazine groups is 1. The van der Waals surface area contributed by atoms with Crippen molar-refractivity contribution in [2.45, 2.75) is 6.92 Å². The number of nitrogens with two attached hydrogens (primary N) is 1. The number of aryl methyl sites for hydroxylation is 1. The fourth-order valence-electron chi connectivity index (χ4n) is 1.51. The SMILES string of the molecule is Cc1cc(Oc2c(Br)cc([N+](=O)[O-])cc2Br)nc(NN)n1. The van der Waals surface area contributed by atoms with Crippen LogP contribution in [-0.4, -0.2) is 14.9 Å². The largest absolute Gasteiger partial charge is 0.436 e. The third-order valence-electron chi connectivity index (χ3n) is 2.36. The van der Waals surface area contributed by atoms with Crippen LogP contribution in [0.3, 0.4) is 0 Å². The van der Waals surface area contributed by atoms with Gasteiger partial charge in [0, 0.05) is 23.9 Å². The lowest BCUT2D eigenvalue weighted by atomic mass is 10.3.